The van der Waals surface area contributed by atoms with Crippen LogP contribution < -0.4 is 5.73 Å². The first-order valence-corrected chi connectivity index (χ1v) is 6.23. The van der Waals surface area contributed by atoms with Crippen molar-refractivity contribution in [3.8, 4) is 5.75 Å². The van der Waals surface area contributed by atoms with E-state index >= 15 is 0 Å². The second-order valence-corrected chi connectivity index (χ2v) is 4.97. The van der Waals surface area contributed by atoms with E-state index in [4.69, 9.17) is 5.73 Å². The molecule has 0 heterocycles. The smallest absolute Gasteiger partial charge is 0.118 e. The Balaban J connectivity index is 0.00000144. The zero-order valence-corrected chi connectivity index (χ0v) is 11.2. The molecule has 2 rings (SSSR count). The highest BCUT2D eigenvalue weighted by Crippen LogP contribution is 2.33. The molecule has 1 atom stereocenters. The molecule has 1 fully saturated rings. The monoisotopic (exact) mass is 255 g/mol. The van der Waals surface area contributed by atoms with Gasteiger partial charge >= 0.3 is 0 Å². The quantitative estimate of drug-likeness (QED) is 0.846. The maximum Gasteiger partial charge on any atom is 0.118 e. The van der Waals surface area contributed by atoms with Crippen molar-refractivity contribution in [2.45, 2.75) is 45.1 Å². The first kappa shape index (κ1) is 14.3. The standard InChI is InChI=1S/C14H21NO.ClH/c1-10-9-12(7-8-13(10)16)14(15)11-5-3-2-4-6-11;/h7-9,11,14,16H,2-6,15H2,1H3;1H/t14-;/m0./s1. The predicted molar refractivity (Wildman–Crippen MR) is 73.6 cm³/mol. The van der Waals surface area contributed by atoms with Gasteiger partial charge in [0, 0.05) is 6.04 Å². The molecule has 1 saturated carbocycles. The van der Waals surface area contributed by atoms with Crippen LogP contribution in [-0.2, 0) is 0 Å². The summed E-state index contributed by atoms with van der Waals surface area (Å²) in [6, 6.07) is 5.88. The molecule has 0 amide bonds. The van der Waals surface area contributed by atoms with E-state index in [9.17, 15) is 5.11 Å². The van der Waals surface area contributed by atoms with Crippen molar-refractivity contribution in [3.63, 3.8) is 0 Å². The van der Waals surface area contributed by atoms with E-state index in [0.29, 0.717) is 11.7 Å². The SMILES string of the molecule is Cc1cc([C@@H](N)C2CCCCC2)ccc1O.Cl. The van der Waals surface area contributed by atoms with Gasteiger partial charge in [-0.1, -0.05) is 31.4 Å². The van der Waals surface area contributed by atoms with Gasteiger partial charge in [-0.05, 0) is 42.9 Å². The molecule has 0 saturated heterocycles. The van der Waals surface area contributed by atoms with Gasteiger partial charge in [-0.15, -0.1) is 12.4 Å². The minimum Gasteiger partial charge on any atom is -0.508 e. The topological polar surface area (TPSA) is 46.2 Å². The number of rotatable bonds is 2. The summed E-state index contributed by atoms with van der Waals surface area (Å²) in [4.78, 5) is 0. The van der Waals surface area contributed by atoms with Gasteiger partial charge in [0.2, 0.25) is 0 Å². The maximum absolute atomic E-state index is 9.50. The summed E-state index contributed by atoms with van der Waals surface area (Å²) in [6.45, 7) is 1.92. The van der Waals surface area contributed by atoms with Crippen molar-refractivity contribution in [2.24, 2.45) is 11.7 Å². The highest BCUT2D eigenvalue weighted by Gasteiger charge is 2.21. The molecule has 3 heteroatoms. The Morgan fingerprint density at radius 2 is 1.88 bits per heavy atom. The summed E-state index contributed by atoms with van der Waals surface area (Å²) in [5.74, 6) is 0.984. The molecule has 2 nitrogen and oxygen atoms in total. The molecule has 96 valence electrons. The lowest BCUT2D eigenvalue weighted by molar-refractivity contribution is 0.308. The number of aryl methyl sites for hydroxylation is 1. The van der Waals surface area contributed by atoms with E-state index in [-0.39, 0.29) is 18.4 Å². The van der Waals surface area contributed by atoms with E-state index < -0.39 is 0 Å². The average Bonchev–Trinajstić information content (AvgIpc) is 2.33. The summed E-state index contributed by atoms with van der Waals surface area (Å²) in [7, 11) is 0. The summed E-state index contributed by atoms with van der Waals surface area (Å²) in [5, 5.41) is 9.50. The molecule has 0 aromatic heterocycles. The van der Waals surface area contributed by atoms with E-state index in [0.717, 1.165) is 5.56 Å². The summed E-state index contributed by atoms with van der Waals surface area (Å²) in [5.41, 5.74) is 8.40. The Morgan fingerprint density at radius 3 is 2.47 bits per heavy atom. The van der Waals surface area contributed by atoms with Crippen molar-refractivity contribution in [1.29, 1.82) is 0 Å². The fourth-order valence-electron chi connectivity index (χ4n) is 2.65. The molecule has 0 spiro atoms. The number of nitrogens with two attached hydrogens (primary N) is 1. The Kier molecular flexibility index (Phi) is 5.29. The molecule has 1 aromatic carbocycles. The van der Waals surface area contributed by atoms with Crippen molar-refractivity contribution in [3.05, 3.63) is 29.3 Å². The first-order chi connectivity index (χ1) is 7.68. The molecular weight excluding hydrogens is 234 g/mol. The van der Waals surface area contributed by atoms with Crippen LogP contribution in [0.4, 0.5) is 0 Å². The third-order valence-corrected chi connectivity index (χ3v) is 3.76. The van der Waals surface area contributed by atoms with Crippen LogP contribution in [-0.4, -0.2) is 5.11 Å². The Hall–Kier alpha value is -0.730. The molecule has 1 aliphatic carbocycles. The number of phenolic OH excluding ortho intramolecular Hbond substituents is 1. The lowest BCUT2D eigenvalue weighted by Gasteiger charge is -2.28. The van der Waals surface area contributed by atoms with Crippen molar-refractivity contribution < 1.29 is 5.11 Å². The van der Waals surface area contributed by atoms with Crippen LogP contribution in [0.2, 0.25) is 0 Å². The van der Waals surface area contributed by atoms with Crippen LogP contribution in [0.3, 0.4) is 0 Å². The molecule has 0 unspecified atom stereocenters. The second kappa shape index (κ2) is 6.27. The minimum atomic E-state index is 0. The lowest BCUT2D eigenvalue weighted by atomic mass is 9.81. The molecule has 17 heavy (non-hydrogen) atoms. The fourth-order valence-corrected chi connectivity index (χ4v) is 2.65. The molecule has 1 aliphatic rings. The van der Waals surface area contributed by atoms with Crippen LogP contribution in [0, 0.1) is 12.8 Å². The number of aromatic hydroxyl groups is 1. The fraction of sp³-hybridized carbons (Fsp3) is 0.571. The van der Waals surface area contributed by atoms with Gasteiger partial charge < -0.3 is 10.8 Å². The van der Waals surface area contributed by atoms with Crippen LogP contribution in [0.5, 0.6) is 5.75 Å². The van der Waals surface area contributed by atoms with Crippen molar-refractivity contribution in [2.75, 3.05) is 0 Å². The van der Waals surface area contributed by atoms with Gasteiger partial charge in [-0.3, -0.25) is 0 Å². The Morgan fingerprint density at radius 1 is 1.24 bits per heavy atom. The Labute approximate surface area is 110 Å². The highest BCUT2D eigenvalue weighted by atomic mass is 35.5. The zero-order valence-electron chi connectivity index (χ0n) is 10.4. The number of phenols is 1. The van der Waals surface area contributed by atoms with Crippen LogP contribution in [0.25, 0.3) is 0 Å². The molecule has 0 bridgehead atoms. The summed E-state index contributed by atoms with van der Waals surface area (Å²) in [6.07, 6.45) is 6.49. The van der Waals surface area contributed by atoms with Gasteiger partial charge in [0.25, 0.3) is 0 Å². The number of hydrogen-bond donors (Lipinski definition) is 2. The highest BCUT2D eigenvalue weighted by molar-refractivity contribution is 5.85. The number of benzene rings is 1. The summed E-state index contributed by atoms with van der Waals surface area (Å²) < 4.78 is 0. The van der Waals surface area contributed by atoms with Gasteiger partial charge in [0.05, 0.1) is 0 Å². The minimum absolute atomic E-state index is 0. The van der Waals surface area contributed by atoms with Gasteiger partial charge in [0.15, 0.2) is 0 Å². The van der Waals surface area contributed by atoms with E-state index in [1.807, 2.05) is 19.1 Å². The second-order valence-electron chi connectivity index (χ2n) is 4.97. The molecule has 3 N–H and O–H groups in total. The maximum atomic E-state index is 9.50. The van der Waals surface area contributed by atoms with E-state index in [2.05, 4.69) is 0 Å². The van der Waals surface area contributed by atoms with Gasteiger partial charge in [-0.2, -0.15) is 0 Å². The van der Waals surface area contributed by atoms with Crippen molar-refractivity contribution >= 4 is 12.4 Å². The normalized spacial score (nSPS) is 18.5. The molecule has 1 aromatic rings. The van der Waals surface area contributed by atoms with Gasteiger partial charge in [-0.25, -0.2) is 0 Å². The van der Waals surface area contributed by atoms with Crippen LogP contribution >= 0.6 is 12.4 Å². The first-order valence-electron chi connectivity index (χ1n) is 6.23. The van der Waals surface area contributed by atoms with Gasteiger partial charge in [0.1, 0.15) is 5.75 Å². The molecular formula is C14H22ClNO. The third kappa shape index (κ3) is 3.36. The van der Waals surface area contributed by atoms with E-state index in [1.165, 1.54) is 37.7 Å². The summed E-state index contributed by atoms with van der Waals surface area (Å²) >= 11 is 0. The predicted octanol–water partition coefficient (Wildman–Crippen LogP) is 3.70. The Bertz CT molecular complexity index is 361. The average molecular weight is 256 g/mol. The molecule has 0 aliphatic heterocycles. The number of halogens is 1. The van der Waals surface area contributed by atoms with Crippen LogP contribution in [0.1, 0.15) is 49.3 Å². The zero-order chi connectivity index (χ0) is 11.5. The number of hydrogen-bond acceptors (Lipinski definition) is 2. The van der Waals surface area contributed by atoms with Crippen molar-refractivity contribution in [1.82, 2.24) is 0 Å². The lowest BCUT2D eigenvalue weighted by Crippen LogP contribution is -2.23. The van der Waals surface area contributed by atoms with Crippen LogP contribution in [0.15, 0.2) is 18.2 Å². The largest absolute Gasteiger partial charge is 0.508 e. The molecule has 0 radical (unpaired) electrons. The van der Waals surface area contributed by atoms with E-state index in [1.54, 1.807) is 6.07 Å². The third-order valence-electron chi connectivity index (χ3n) is 3.76.